The van der Waals surface area contributed by atoms with Crippen molar-refractivity contribution in [2.24, 2.45) is 11.3 Å². The minimum absolute atomic E-state index is 0.0313. The molecule has 0 radical (unpaired) electrons. The normalized spacial score (nSPS) is 18.3. The van der Waals surface area contributed by atoms with Gasteiger partial charge in [0.1, 0.15) is 0 Å². The van der Waals surface area contributed by atoms with Crippen LogP contribution in [-0.2, 0) is 4.79 Å². The van der Waals surface area contributed by atoms with Crippen LogP contribution in [0.15, 0.2) is 0 Å². The van der Waals surface area contributed by atoms with Crippen LogP contribution in [0.4, 0.5) is 0 Å². The Morgan fingerprint density at radius 2 is 1.94 bits per heavy atom. The van der Waals surface area contributed by atoms with Crippen LogP contribution in [0.2, 0.25) is 0 Å². The molecule has 0 heterocycles. The van der Waals surface area contributed by atoms with Crippen molar-refractivity contribution in [3.8, 4) is 0 Å². The van der Waals surface area contributed by atoms with Crippen molar-refractivity contribution in [3.05, 3.63) is 0 Å². The smallest absolute Gasteiger partial charge is 0.228 e. The zero-order chi connectivity index (χ0) is 13.6. The van der Waals surface area contributed by atoms with E-state index in [2.05, 4.69) is 41.6 Å². The van der Waals surface area contributed by atoms with Crippen molar-refractivity contribution in [2.75, 3.05) is 18.4 Å². The number of hydrogen-bond acceptors (Lipinski definition) is 1. The van der Waals surface area contributed by atoms with E-state index in [0.717, 1.165) is 44.1 Å². The van der Waals surface area contributed by atoms with Crippen LogP contribution in [-0.4, -0.2) is 29.2 Å². The molecule has 1 amide bonds. The van der Waals surface area contributed by atoms with Crippen molar-refractivity contribution < 1.29 is 4.79 Å². The molecule has 3 heteroatoms. The van der Waals surface area contributed by atoms with Crippen molar-refractivity contribution in [2.45, 2.75) is 59.3 Å². The first-order valence-corrected chi connectivity index (χ1v) is 8.53. The van der Waals surface area contributed by atoms with E-state index in [1.165, 1.54) is 12.8 Å². The lowest BCUT2D eigenvalue weighted by molar-refractivity contribution is -0.142. The van der Waals surface area contributed by atoms with Crippen molar-refractivity contribution in [1.82, 2.24) is 4.90 Å². The SMILES string of the molecule is CCN(CCCBr)C(=O)C1(CC(C)C)CCCC1. The van der Waals surface area contributed by atoms with E-state index in [4.69, 9.17) is 0 Å². The number of carbonyl (C=O) groups is 1. The van der Waals surface area contributed by atoms with E-state index in [1.54, 1.807) is 0 Å². The summed E-state index contributed by atoms with van der Waals surface area (Å²) in [6.45, 7) is 8.33. The summed E-state index contributed by atoms with van der Waals surface area (Å²) in [5.74, 6) is 1.04. The maximum absolute atomic E-state index is 12.9. The lowest BCUT2D eigenvalue weighted by atomic mass is 9.77. The monoisotopic (exact) mass is 317 g/mol. The molecule has 2 nitrogen and oxygen atoms in total. The molecule has 0 bridgehead atoms. The average molecular weight is 318 g/mol. The lowest BCUT2D eigenvalue weighted by Crippen LogP contribution is -2.43. The van der Waals surface area contributed by atoms with E-state index in [9.17, 15) is 4.79 Å². The molecule has 0 N–H and O–H groups in total. The van der Waals surface area contributed by atoms with Gasteiger partial charge in [-0.3, -0.25) is 4.79 Å². The zero-order valence-corrected chi connectivity index (χ0v) is 13.8. The van der Waals surface area contributed by atoms with Gasteiger partial charge in [0.25, 0.3) is 0 Å². The van der Waals surface area contributed by atoms with Gasteiger partial charge in [-0.2, -0.15) is 0 Å². The maximum Gasteiger partial charge on any atom is 0.228 e. The molecule has 18 heavy (non-hydrogen) atoms. The van der Waals surface area contributed by atoms with Crippen LogP contribution in [0, 0.1) is 11.3 Å². The summed E-state index contributed by atoms with van der Waals surface area (Å²) in [4.78, 5) is 14.9. The third-order valence-corrected chi connectivity index (χ3v) is 4.60. The Morgan fingerprint density at radius 1 is 1.33 bits per heavy atom. The average Bonchev–Trinajstić information content (AvgIpc) is 2.78. The van der Waals surface area contributed by atoms with Crippen molar-refractivity contribution in [1.29, 1.82) is 0 Å². The molecule has 1 aliphatic carbocycles. The molecule has 0 aromatic carbocycles. The minimum Gasteiger partial charge on any atom is -0.342 e. The topological polar surface area (TPSA) is 20.3 Å². The molecule has 0 spiro atoms. The number of amides is 1. The highest BCUT2D eigenvalue weighted by Gasteiger charge is 2.43. The van der Waals surface area contributed by atoms with E-state index < -0.39 is 0 Å². The number of rotatable bonds is 7. The van der Waals surface area contributed by atoms with E-state index in [0.29, 0.717) is 11.8 Å². The zero-order valence-electron chi connectivity index (χ0n) is 12.2. The summed E-state index contributed by atoms with van der Waals surface area (Å²) < 4.78 is 0. The number of nitrogens with zero attached hydrogens (tertiary/aromatic N) is 1. The largest absolute Gasteiger partial charge is 0.342 e. The predicted molar refractivity (Wildman–Crippen MR) is 81.0 cm³/mol. The predicted octanol–water partition coefficient (Wildman–Crippen LogP) is 4.23. The van der Waals surface area contributed by atoms with Crippen LogP contribution in [0.5, 0.6) is 0 Å². The highest BCUT2D eigenvalue weighted by atomic mass is 79.9. The standard InChI is InChI=1S/C15H28BrNO/c1-4-17(11-7-10-16)14(18)15(12-13(2)3)8-5-6-9-15/h13H,4-12H2,1-3H3. The Morgan fingerprint density at radius 3 is 2.39 bits per heavy atom. The molecular weight excluding hydrogens is 290 g/mol. The van der Waals surface area contributed by atoms with Gasteiger partial charge in [0.15, 0.2) is 0 Å². The van der Waals surface area contributed by atoms with Gasteiger partial charge in [-0.25, -0.2) is 0 Å². The Bertz CT molecular complexity index is 259. The molecule has 0 aromatic heterocycles. The first kappa shape index (κ1) is 16.0. The third kappa shape index (κ3) is 3.97. The minimum atomic E-state index is -0.0313. The second kappa shape index (κ2) is 7.52. The van der Waals surface area contributed by atoms with Crippen LogP contribution in [0.1, 0.15) is 59.3 Å². The van der Waals surface area contributed by atoms with Gasteiger partial charge in [-0.15, -0.1) is 0 Å². The quantitative estimate of drug-likeness (QED) is 0.643. The third-order valence-electron chi connectivity index (χ3n) is 4.04. The Balaban J connectivity index is 2.74. The fourth-order valence-corrected chi connectivity index (χ4v) is 3.58. The van der Waals surface area contributed by atoms with Gasteiger partial charge in [0, 0.05) is 23.8 Å². The van der Waals surface area contributed by atoms with E-state index in [1.807, 2.05) is 0 Å². The summed E-state index contributed by atoms with van der Waals surface area (Å²) in [6, 6.07) is 0. The first-order valence-electron chi connectivity index (χ1n) is 7.41. The maximum atomic E-state index is 12.9. The molecule has 0 saturated heterocycles. The van der Waals surface area contributed by atoms with Crippen molar-refractivity contribution >= 4 is 21.8 Å². The first-order chi connectivity index (χ1) is 8.55. The Labute approximate surface area is 121 Å². The summed E-state index contributed by atoms with van der Waals surface area (Å²) in [7, 11) is 0. The molecule has 106 valence electrons. The van der Waals surface area contributed by atoms with E-state index >= 15 is 0 Å². The molecule has 1 saturated carbocycles. The molecule has 0 aromatic rings. The summed E-state index contributed by atoms with van der Waals surface area (Å²) >= 11 is 3.46. The van der Waals surface area contributed by atoms with Gasteiger partial charge >= 0.3 is 0 Å². The van der Waals surface area contributed by atoms with Crippen LogP contribution >= 0.6 is 15.9 Å². The molecule has 0 aliphatic heterocycles. The number of halogens is 1. The highest BCUT2D eigenvalue weighted by Crippen LogP contribution is 2.44. The Kier molecular flexibility index (Phi) is 6.68. The van der Waals surface area contributed by atoms with Gasteiger partial charge in [-0.05, 0) is 38.5 Å². The molecule has 0 atom stereocenters. The second-order valence-corrected chi connectivity index (χ2v) is 6.81. The lowest BCUT2D eigenvalue weighted by Gasteiger charge is -2.35. The molecule has 1 rings (SSSR count). The number of carbonyl (C=O) groups excluding carboxylic acids is 1. The Hall–Kier alpha value is -0.0500. The highest BCUT2D eigenvalue weighted by molar-refractivity contribution is 9.09. The van der Waals surface area contributed by atoms with Gasteiger partial charge < -0.3 is 4.90 Å². The van der Waals surface area contributed by atoms with Crippen LogP contribution in [0.3, 0.4) is 0 Å². The van der Waals surface area contributed by atoms with Crippen LogP contribution in [0.25, 0.3) is 0 Å². The molecule has 1 fully saturated rings. The summed E-state index contributed by atoms with van der Waals surface area (Å²) in [5, 5.41) is 0.980. The van der Waals surface area contributed by atoms with E-state index in [-0.39, 0.29) is 5.41 Å². The van der Waals surface area contributed by atoms with Gasteiger partial charge in [-0.1, -0.05) is 42.6 Å². The fraction of sp³-hybridized carbons (Fsp3) is 0.933. The fourth-order valence-electron chi connectivity index (χ4n) is 3.33. The van der Waals surface area contributed by atoms with Crippen molar-refractivity contribution in [3.63, 3.8) is 0 Å². The molecule has 0 unspecified atom stereocenters. The molecular formula is C15H28BrNO. The summed E-state index contributed by atoms with van der Waals surface area (Å²) in [5.41, 5.74) is -0.0313. The summed E-state index contributed by atoms with van der Waals surface area (Å²) in [6.07, 6.45) is 6.79. The van der Waals surface area contributed by atoms with Gasteiger partial charge in [0.05, 0.1) is 0 Å². The number of hydrogen-bond donors (Lipinski definition) is 0. The number of alkyl halides is 1. The van der Waals surface area contributed by atoms with Gasteiger partial charge in [0.2, 0.25) is 5.91 Å². The second-order valence-electron chi connectivity index (χ2n) is 6.01. The molecule has 1 aliphatic rings. The van der Waals surface area contributed by atoms with Crippen LogP contribution < -0.4 is 0 Å².